The second kappa shape index (κ2) is 15.8. The van der Waals surface area contributed by atoms with Crippen LogP contribution in [0.2, 0.25) is 10.6 Å². The van der Waals surface area contributed by atoms with Crippen molar-refractivity contribution in [1.29, 1.82) is 0 Å². The predicted octanol–water partition coefficient (Wildman–Crippen LogP) is -12.2. The maximum atomic E-state index is 10.7. The van der Waals surface area contributed by atoms with E-state index in [1.54, 1.807) is 0 Å². The zero-order valence-electron chi connectivity index (χ0n) is 24.3. The second-order valence-corrected chi connectivity index (χ2v) is 10.4. The van der Waals surface area contributed by atoms with E-state index in [0.717, 1.165) is 21.8 Å². The summed E-state index contributed by atoms with van der Waals surface area (Å²) in [4.78, 5) is 43.8. The van der Waals surface area contributed by atoms with E-state index in [1.165, 1.54) is 0 Å². The molecule has 0 saturated carbocycles. The molecule has 2 aliphatic heterocycles. The van der Waals surface area contributed by atoms with Crippen molar-refractivity contribution in [2.24, 2.45) is 0 Å². The number of aromatic nitrogens is 8. The molecule has 10 atom stereocenters. The third-order valence-electron chi connectivity index (χ3n) is 6.96. The van der Waals surface area contributed by atoms with Gasteiger partial charge >= 0.3 is 59.1 Å². The van der Waals surface area contributed by atoms with Gasteiger partial charge in [0.2, 0.25) is 22.3 Å². The molecule has 0 aromatic carbocycles. The molecule has 0 bridgehead atoms. The van der Waals surface area contributed by atoms with Gasteiger partial charge in [-0.2, -0.15) is 19.9 Å². The Bertz CT molecular complexity index is 1680. The molecular weight excluding hydrogens is 717 g/mol. The first kappa shape index (κ1) is 40.3. The Hall–Kier alpha value is -2.10. The summed E-state index contributed by atoms with van der Waals surface area (Å²) in [6.07, 6.45) is -14.5. The monoisotopic (exact) mass is 736 g/mol. The van der Waals surface area contributed by atoms with Crippen molar-refractivity contribution >= 4 is 57.5 Å². The molecule has 2 fully saturated rings. The summed E-state index contributed by atoms with van der Waals surface area (Å²) in [6, 6.07) is 0. The Balaban J connectivity index is 0.000000250. The fourth-order valence-corrected chi connectivity index (χ4v) is 5.07. The average molecular weight is 737 g/mol. The number of nitrogens with zero attached hydrogens (tertiary/aromatic N) is 8. The molecular formula is C22H20Cl2N8Na2O14. The van der Waals surface area contributed by atoms with Crippen LogP contribution >= 0.6 is 23.2 Å². The minimum absolute atomic E-state index is 0. The number of halogens is 2. The fraction of sp³-hybridized carbons (Fsp3) is 0.455. The van der Waals surface area contributed by atoms with Gasteiger partial charge in [0.15, 0.2) is 34.8 Å². The maximum absolute atomic E-state index is 10.7. The van der Waals surface area contributed by atoms with Gasteiger partial charge in [0.25, 0.3) is 0 Å². The number of rotatable bonds is 6. The largest absolute Gasteiger partial charge is 1.00 e. The summed E-state index contributed by atoms with van der Waals surface area (Å²) < 4.78 is 12.7. The van der Waals surface area contributed by atoms with Crippen LogP contribution in [0.4, 0.5) is 0 Å². The summed E-state index contributed by atoms with van der Waals surface area (Å²) in [7, 11) is 0. The number of carbonyl (C=O) groups is 2. The van der Waals surface area contributed by atoms with Crippen LogP contribution in [0.3, 0.4) is 0 Å². The van der Waals surface area contributed by atoms with Crippen LogP contribution in [-0.4, -0.2) is 141 Å². The van der Waals surface area contributed by atoms with Crippen LogP contribution in [0.15, 0.2) is 12.7 Å². The smallest absolute Gasteiger partial charge is 0.547 e. The topological polar surface area (TPSA) is 348 Å². The molecule has 2 unspecified atom stereocenters. The molecule has 0 radical (unpaired) electrons. The summed E-state index contributed by atoms with van der Waals surface area (Å²) >= 11 is 11.3. The number of aliphatic carboxylic acids is 2. The molecule has 0 spiro atoms. The molecule has 2 saturated heterocycles. The molecule has 4 aromatic heterocycles. The van der Waals surface area contributed by atoms with Crippen LogP contribution in [0.5, 0.6) is 11.8 Å². The maximum Gasteiger partial charge on any atom is 1.00 e. The van der Waals surface area contributed by atoms with Gasteiger partial charge in [0.1, 0.15) is 48.8 Å². The Kier molecular flexibility index (Phi) is 13.3. The van der Waals surface area contributed by atoms with Crippen LogP contribution in [0.1, 0.15) is 12.5 Å². The summed E-state index contributed by atoms with van der Waals surface area (Å²) in [6.45, 7) is 0. The summed E-state index contributed by atoms with van der Waals surface area (Å²) in [5, 5.41) is 98.9. The molecule has 6 heterocycles. The Morgan fingerprint density at radius 1 is 0.688 bits per heavy atom. The Morgan fingerprint density at radius 2 is 1.02 bits per heavy atom. The molecule has 0 aliphatic carbocycles. The zero-order valence-corrected chi connectivity index (χ0v) is 29.8. The molecule has 8 N–H and O–H groups in total. The number of imidazole rings is 2. The van der Waals surface area contributed by atoms with Gasteiger partial charge in [-0.1, -0.05) is 0 Å². The van der Waals surface area contributed by atoms with Gasteiger partial charge in [-0.05, 0) is 23.2 Å². The molecule has 2 aliphatic rings. The Labute approximate surface area is 319 Å². The number of aliphatic hydroxyl groups is 6. The van der Waals surface area contributed by atoms with Gasteiger partial charge in [0.05, 0.1) is 24.6 Å². The van der Waals surface area contributed by atoms with Crippen molar-refractivity contribution in [1.82, 2.24) is 39.0 Å². The van der Waals surface area contributed by atoms with Crippen LogP contribution in [-0.2, 0) is 19.1 Å². The van der Waals surface area contributed by atoms with Crippen LogP contribution in [0, 0.1) is 0 Å². The normalized spacial score (nSPS) is 27.8. The van der Waals surface area contributed by atoms with E-state index >= 15 is 0 Å². The molecule has 248 valence electrons. The van der Waals surface area contributed by atoms with E-state index < -0.39 is 85.0 Å². The first-order valence-electron chi connectivity index (χ1n) is 12.6. The number of aromatic hydroxyl groups is 2. The van der Waals surface area contributed by atoms with Gasteiger partial charge in [0, 0.05) is 0 Å². The number of carboxylic acid groups (broad SMARTS) is 2. The second-order valence-electron chi connectivity index (χ2n) is 9.75. The van der Waals surface area contributed by atoms with Crippen LogP contribution < -0.4 is 69.3 Å². The van der Waals surface area contributed by atoms with Gasteiger partial charge in [-0.25, -0.2) is 9.97 Å². The van der Waals surface area contributed by atoms with E-state index in [9.17, 15) is 60.7 Å². The summed E-state index contributed by atoms with van der Waals surface area (Å²) in [5.41, 5.74) is -0.100. The summed E-state index contributed by atoms with van der Waals surface area (Å²) in [5.74, 6) is -4.72. The molecule has 0 amide bonds. The van der Waals surface area contributed by atoms with E-state index in [4.69, 9.17) is 32.7 Å². The molecule has 4 aromatic rings. The minimum Gasteiger partial charge on any atom is -0.547 e. The van der Waals surface area contributed by atoms with E-state index in [-0.39, 0.29) is 92.0 Å². The molecule has 26 heteroatoms. The predicted molar refractivity (Wildman–Crippen MR) is 138 cm³/mol. The number of hydrogen-bond acceptors (Lipinski definition) is 20. The SMILES string of the molecule is O=C([O-])C(O)[C@H]1O[C@@H](n2cnc3c(O)nc(Cl)nc32)[C@H](O)[C@@H]1O.O=C([O-])C(O)[C@H]1O[C@@H](n2cnc3c(O)nc(Cl)nc32)[C@H](O)[C@@H]1O.[Na+].[Na+]. The van der Waals surface area contributed by atoms with E-state index in [2.05, 4.69) is 29.9 Å². The van der Waals surface area contributed by atoms with Gasteiger partial charge in [-0.3, -0.25) is 9.13 Å². The molecule has 6 rings (SSSR count). The Morgan fingerprint density at radius 3 is 1.33 bits per heavy atom. The fourth-order valence-electron chi connectivity index (χ4n) is 4.74. The van der Waals surface area contributed by atoms with Crippen molar-refractivity contribution in [3.05, 3.63) is 23.2 Å². The first-order valence-corrected chi connectivity index (χ1v) is 13.4. The van der Waals surface area contributed by atoms with Gasteiger partial charge < -0.3 is 70.1 Å². The number of aliphatic hydroxyl groups excluding tert-OH is 6. The van der Waals surface area contributed by atoms with Crippen molar-refractivity contribution in [3.63, 3.8) is 0 Å². The average Bonchev–Trinajstić information content (AvgIpc) is 3.74. The number of fused-ring (bicyclic) bond motifs is 2. The standard InChI is InChI=1S/2C11H11ClN4O7.2Na/c2*12-11-14-7-2(8(20)15-11)13-1-16(7)9-4(18)3(17)6(23-9)5(19)10(21)22;;/h2*1,3-6,9,17-19H,(H,21,22)(H,14,15,20);;/q;;2*+1/p-2/t2*3-,4+,5?,6-,9+;;/m00../s1. The van der Waals surface area contributed by atoms with Crippen molar-refractivity contribution < 1.29 is 129 Å². The van der Waals surface area contributed by atoms with E-state index in [0.29, 0.717) is 0 Å². The van der Waals surface area contributed by atoms with Crippen molar-refractivity contribution in [2.45, 2.75) is 61.3 Å². The van der Waals surface area contributed by atoms with Crippen molar-refractivity contribution in [3.8, 4) is 11.8 Å². The number of ether oxygens (including phenoxy) is 2. The third-order valence-corrected chi connectivity index (χ3v) is 7.29. The van der Waals surface area contributed by atoms with Gasteiger partial charge in [-0.15, -0.1) is 0 Å². The molecule has 22 nitrogen and oxygen atoms in total. The number of carboxylic acids is 2. The quantitative estimate of drug-likeness (QED) is 0.0672. The van der Waals surface area contributed by atoms with E-state index in [1.807, 2.05) is 0 Å². The zero-order chi connectivity index (χ0) is 33.8. The first-order chi connectivity index (χ1) is 21.6. The number of hydrogen-bond donors (Lipinski definition) is 8. The molecule has 48 heavy (non-hydrogen) atoms. The van der Waals surface area contributed by atoms with Crippen molar-refractivity contribution in [2.75, 3.05) is 0 Å². The number of carbonyl (C=O) groups excluding carboxylic acids is 2. The van der Waals surface area contributed by atoms with Crippen LogP contribution in [0.25, 0.3) is 22.3 Å². The minimum atomic E-state index is -2.15. The third kappa shape index (κ3) is 7.48.